The van der Waals surface area contributed by atoms with Crippen molar-refractivity contribution in [1.29, 1.82) is 5.26 Å². The number of alkyl halides is 1. The molecule has 2 aliphatic rings. The van der Waals surface area contributed by atoms with E-state index in [4.69, 9.17) is 46.2 Å². The largest absolute Gasteiger partial charge is 0.566 e. The molecule has 11 rings (SSSR count). The lowest BCUT2D eigenvalue weighted by Gasteiger charge is -2.40. The number of hydrogen-bond acceptors (Lipinski definition) is 22. The number of nitriles is 1. The van der Waals surface area contributed by atoms with Crippen molar-refractivity contribution in [1.82, 2.24) is 44.5 Å². The number of H-pyrrole nitrogens is 2. The number of halogens is 1. The number of nitrogens with one attached hydrogen (secondary N) is 4. The Hall–Kier alpha value is -8.79. The van der Waals surface area contributed by atoms with Crippen LogP contribution in [0.3, 0.4) is 0 Å². The van der Waals surface area contributed by atoms with E-state index in [2.05, 4.69) is 50.8 Å². The standard InChI is InChI=1S/C60H67FN12O15P2Si.C5H5N/c1-35(2)53(74)68-58-67-52-46(55(76)69-58)65-34-72(52)57-49(86-89(77)78)48(88-91(8,9)59(3,4)5)43(85-57)32-83-90(82-30-16-29-62)87-47-42(84-56(44(47)61)73-51-45(70-71-73)50(63-33-64-51)66-54(75)36-17-12-10-13-18-36)31-81-60(37-19-14-11-15-20-37,38-21-25-40(79-6)26-22-38)39-23-27-41(80-7)28-24-39;1-2-4-6-5-3-1/h10-15,17-28,33-35,42-44,47-49,56-57H,16,30-32H2,1-9H3,(H,63,64,66,75)(H2,67,68,69,74,76);1-5H/p+1/t42-,43-,44+,47-,48-,49+,56-,57-,90?;/m1./s1. The van der Waals surface area contributed by atoms with E-state index >= 15 is 4.39 Å². The van der Waals surface area contributed by atoms with Gasteiger partial charge in [0.25, 0.3) is 11.5 Å². The summed E-state index contributed by atoms with van der Waals surface area (Å²) in [6.07, 6.45) is -6.35. The topological polar surface area (TPSA) is 349 Å². The number of benzene rings is 4. The molecule has 0 radical (unpaired) electrons. The maximum atomic E-state index is 18.3. The first-order chi connectivity index (χ1) is 46.6. The molecule has 2 aliphatic heterocycles. The Morgan fingerprint density at radius 2 is 1.42 bits per heavy atom. The van der Waals surface area contributed by atoms with Gasteiger partial charge in [-0.2, -0.15) is 14.9 Å². The number of aromatic nitrogens is 10. The first kappa shape index (κ1) is 71.0. The fraction of sp³-hybridized carbons (Fsp3) is 0.369. The van der Waals surface area contributed by atoms with Crippen LogP contribution in [0.4, 0.5) is 16.2 Å². The number of rotatable bonds is 26. The smallest absolute Gasteiger partial charge is 0.489 e. The van der Waals surface area contributed by atoms with Crippen molar-refractivity contribution in [2.24, 2.45) is 5.92 Å². The number of methoxy groups -OCH3 is 2. The predicted molar refractivity (Wildman–Crippen MR) is 352 cm³/mol. The molecular weight excluding hydrogens is 1310 g/mol. The third kappa shape index (κ3) is 16.3. The molecular formula is C65H73FN13O15P2Si+. The Bertz CT molecular complexity index is 4160. The molecule has 0 aliphatic carbocycles. The average Bonchev–Trinajstić information content (AvgIpc) is 1.70. The highest BCUT2D eigenvalue weighted by Gasteiger charge is 2.56. The van der Waals surface area contributed by atoms with Gasteiger partial charge in [-0.25, -0.2) is 24.3 Å². The van der Waals surface area contributed by atoms with Gasteiger partial charge in [0.1, 0.15) is 47.8 Å². The maximum Gasteiger partial charge on any atom is 0.489 e. The summed E-state index contributed by atoms with van der Waals surface area (Å²) in [5.74, 6) is -0.542. The maximum absolute atomic E-state index is 18.3. The summed E-state index contributed by atoms with van der Waals surface area (Å²) >= 11 is 0. The van der Waals surface area contributed by atoms with Gasteiger partial charge in [-0.05, 0) is 75.8 Å². The molecule has 4 aromatic carbocycles. The summed E-state index contributed by atoms with van der Waals surface area (Å²) in [6, 6.07) is 40.2. The molecule has 0 saturated carbocycles. The second-order valence-corrected chi connectivity index (χ2v) is 30.7. The number of nitrogens with zero attached hydrogens (tertiary/aromatic N) is 9. The number of ether oxygens (including phenoxy) is 5. The van der Waals surface area contributed by atoms with Crippen LogP contribution in [0.5, 0.6) is 11.5 Å². The van der Waals surface area contributed by atoms with Gasteiger partial charge in [0.15, 0.2) is 73.6 Å². The predicted octanol–water partition coefficient (Wildman–Crippen LogP) is 9.21. The quantitative estimate of drug-likeness (QED) is 0.0197. The van der Waals surface area contributed by atoms with E-state index < -0.39 is 121 Å². The van der Waals surface area contributed by atoms with Crippen LogP contribution in [0.15, 0.2) is 157 Å². The van der Waals surface area contributed by atoms with Crippen molar-refractivity contribution < 1.29 is 74.6 Å². The molecule has 4 N–H and O–H groups in total. The van der Waals surface area contributed by atoms with E-state index in [1.165, 1.54) is 10.9 Å². The number of imidazole rings is 1. The second-order valence-electron chi connectivity index (χ2n) is 24.1. The Labute approximate surface area is 560 Å². The van der Waals surface area contributed by atoms with Gasteiger partial charge in [-0.15, -0.1) is 9.62 Å². The lowest BCUT2D eigenvalue weighted by Crippen LogP contribution is -2.50. The zero-order valence-corrected chi connectivity index (χ0v) is 57.2. The molecule has 10 atom stereocenters. The summed E-state index contributed by atoms with van der Waals surface area (Å²) in [5, 5.41) is 23.2. The number of anilines is 2. The summed E-state index contributed by atoms with van der Waals surface area (Å²) in [5.41, 5.74) is -0.201. The van der Waals surface area contributed by atoms with Gasteiger partial charge in [0.05, 0.1) is 52.9 Å². The highest BCUT2D eigenvalue weighted by molar-refractivity contribution is 7.41. The third-order valence-corrected chi connectivity index (χ3v) is 22.5. The van der Waals surface area contributed by atoms with E-state index in [0.717, 1.165) is 11.0 Å². The van der Waals surface area contributed by atoms with Gasteiger partial charge in [0.2, 0.25) is 11.9 Å². The fourth-order valence-corrected chi connectivity index (χ4v) is 13.3. The molecule has 2 amide bonds. The molecule has 7 heterocycles. The fourth-order valence-electron chi connectivity index (χ4n) is 10.4. The number of carbonyl (C=O) groups excluding carboxylic acids is 2. The van der Waals surface area contributed by atoms with Crippen LogP contribution in [0, 0.1) is 17.2 Å². The molecule has 5 aromatic heterocycles. The molecule has 508 valence electrons. The minimum atomic E-state index is -3.62. The van der Waals surface area contributed by atoms with Crippen LogP contribution in [0.2, 0.25) is 18.1 Å². The molecule has 9 aromatic rings. The average molecular weight is 1390 g/mol. The molecule has 0 bridgehead atoms. The summed E-state index contributed by atoms with van der Waals surface area (Å²) in [4.78, 5) is 75.3. The second kappa shape index (κ2) is 31.6. The first-order valence-corrected chi connectivity index (χ1v) is 35.9. The lowest BCUT2D eigenvalue weighted by molar-refractivity contribution is -0.378. The molecule has 28 nitrogen and oxygen atoms in total. The highest BCUT2D eigenvalue weighted by atomic mass is 31.2. The summed E-state index contributed by atoms with van der Waals surface area (Å²) < 4.78 is 97.5. The van der Waals surface area contributed by atoms with Crippen LogP contribution in [0.25, 0.3) is 22.3 Å². The number of aromatic amines is 2. The van der Waals surface area contributed by atoms with Gasteiger partial charge in [0, 0.05) is 23.6 Å². The van der Waals surface area contributed by atoms with Gasteiger partial charge in [-0.3, -0.25) is 29.3 Å². The van der Waals surface area contributed by atoms with Crippen LogP contribution in [0.1, 0.15) is 80.5 Å². The number of pyridine rings is 1. The van der Waals surface area contributed by atoms with Crippen molar-refractivity contribution in [3.05, 3.63) is 185 Å². The van der Waals surface area contributed by atoms with Crippen molar-refractivity contribution >= 4 is 71.1 Å². The van der Waals surface area contributed by atoms with Gasteiger partial charge < -0.3 is 51.9 Å². The van der Waals surface area contributed by atoms with Crippen LogP contribution >= 0.6 is 16.9 Å². The number of carbonyl (C=O) groups is 2. The minimum Gasteiger partial charge on any atom is -0.566 e. The Kier molecular flexibility index (Phi) is 23.1. The zero-order valence-electron chi connectivity index (χ0n) is 54.4. The molecule has 32 heteroatoms. The minimum absolute atomic E-state index is 0.00466. The molecule has 0 spiro atoms. The van der Waals surface area contributed by atoms with E-state index in [-0.39, 0.29) is 47.1 Å². The lowest BCUT2D eigenvalue weighted by atomic mass is 9.80. The number of amides is 2. The van der Waals surface area contributed by atoms with E-state index in [1.54, 1.807) is 82.7 Å². The van der Waals surface area contributed by atoms with Crippen molar-refractivity contribution in [2.45, 2.75) is 114 Å². The number of fused-ring (bicyclic) bond motifs is 2. The van der Waals surface area contributed by atoms with Gasteiger partial charge in [-0.1, -0.05) is 119 Å². The van der Waals surface area contributed by atoms with Crippen molar-refractivity contribution in [2.75, 3.05) is 44.7 Å². The van der Waals surface area contributed by atoms with E-state index in [0.29, 0.717) is 33.8 Å². The van der Waals surface area contributed by atoms with Crippen LogP contribution in [-0.2, 0) is 51.7 Å². The monoisotopic (exact) mass is 1380 g/mol. The Morgan fingerprint density at radius 3 is 2.01 bits per heavy atom. The molecule has 2 unspecified atom stereocenters. The summed E-state index contributed by atoms with van der Waals surface area (Å²) in [6.45, 7) is 11.9. The molecule has 2 saturated heterocycles. The van der Waals surface area contributed by atoms with Crippen molar-refractivity contribution in [3.8, 4) is 17.6 Å². The summed E-state index contributed by atoms with van der Waals surface area (Å²) in [7, 11) is -6.21. The third-order valence-electron chi connectivity index (χ3n) is 16.4. The zero-order chi connectivity index (χ0) is 69.0. The van der Waals surface area contributed by atoms with E-state index in [1.807, 2.05) is 125 Å². The number of hydrogen-bond donors (Lipinski definition) is 3. The molecule has 2 fully saturated rings. The van der Waals surface area contributed by atoms with E-state index in [9.17, 15) is 29.1 Å². The molecule has 97 heavy (non-hydrogen) atoms. The van der Waals surface area contributed by atoms with Crippen LogP contribution < -0.4 is 35.5 Å². The normalized spacial score (nSPS) is 20.0. The first-order valence-electron chi connectivity index (χ1n) is 30.8. The van der Waals surface area contributed by atoms with Crippen molar-refractivity contribution in [3.63, 3.8) is 0 Å². The Morgan fingerprint density at radius 1 is 0.804 bits per heavy atom. The SMILES string of the molecule is COc1ccc(C(OC[C@H]2O[C@@H](n3nnc4c(NC(=O)c5ccccc5)ncnc43)[C@@H](F)[C@@H]2OP(OCCC#N)OC[C@H]2O[C@@H](n3cnc4c(=O)[nH]c(NC(=O)C(C)C)nc43)[C@@H](O[P+](=O)[O-])[C@@H]2O[Si](C)(C)C(C)(C)C)(c2ccccc2)c2ccc(OC)cc2)cc1.c1cc[nH+]cc1. The Balaban J connectivity index is 0.00000161. The van der Waals surface area contributed by atoms with Crippen LogP contribution in [-0.4, -0.2) is 135 Å². The van der Waals surface area contributed by atoms with Gasteiger partial charge >= 0.3 is 16.9 Å². The highest BCUT2D eigenvalue weighted by Crippen LogP contribution is 2.51.